The number of halogens is 1. The Morgan fingerprint density at radius 3 is 2.64 bits per heavy atom. The monoisotopic (exact) mass is 215 g/mol. The molecule has 0 amide bonds. The predicted molar refractivity (Wildman–Crippen MR) is 49.4 cm³/mol. The van der Waals surface area contributed by atoms with Crippen LogP contribution >= 0.6 is 11.6 Å². The number of ether oxygens (including phenoxy) is 1. The van der Waals surface area contributed by atoms with E-state index in [1.165, 1.54) is 13.2 Å². The summed E-state index contributed by atoms with van der Waals surface area (Å²) in [5.41, 5.74) is -0.176. The number of carbonyl (C=O) groups is 1. The number of nitrogens with zero attached hydrogens (tertiary/aromatic N) is 1. The third-order valence-electron chi connectivity index (χ3n) is 1.51. The second-order valence-corrected chi connectivity index (χ2v) is 2.88. The van der Waals surface area contributed by atoms with Crippen molar-refractivity contribution in [2.45, 2.75) is 0 Å². The van der Waals surface area contributed by atoms with Crippen LogP contribution in [0.25, 0.3) is 0 Å². The Balaban J connectivity index is 3.20. The molecule has 0 aliphatic heterocycles. The van der Waals surface area contributed by atoms with Crippen LogP contribution in [0.15, 0.2) is 18.2 Å². The van der Waals surface area contributed by atoms with Crippen LogP contribution in [0.3, 0.4) is 0 Å². The Labute approximate surface area is 84.4 Å². The van der Waals surface area contributed by atoms with E-state index in [1.807, 2.05) is 0 Å². The molecule has 0 heterocycles. The number of non-ortho nitro benzene ring substituents is 1. The minimum absolute atomic E-state index is 0.0618. The standard InChI is InChI=1S/C8H6ClNO4/c1-14-8(11)5-2-6(9)4-7(3-5)10(12)13/h2-4H,1H3. The topological polar surface area (TPSA) is 69.4 Å². The lowest BCUT2D eigenvalue weighted by Crippen LogP contribution is -2.02. The second kappa shape index (κ2) is 4.06. The lowest BCUT2D eigenvalue weighted by Gasteiger charge is -1.99. The predicted octanol–water partition coefficient (Wildman–Crippen LogP) is 2.03. The average molecular weight is 216 g/mol. The van der Waals surface area contributed by atoms with Gasteiger partial charge in [-0.3, -0.25) is 10.1 Å². The summed E-state index contributed by atoms with van der Waals surface area (Å²) >= 11 is 5.58. The van der Waals surface area contributed by atoms with Gasteiger partial charge in [0.25, 0.3) is 5.69 Å². The van der Waals surface area contributed by atoms with Crippen molar-refractivity contribution >= 4 is 23.3 Å². The Morgan fingerprint density at radius 2 is 2.14 bits per heavy atom. The number of rotatable bonds is 2. The molecule has 5 nitrogen and oxygen atoms in total. The molecule has 1 rings (SSSR count). The van der Waals surface area contributed by atoms with E-state index in [1.54, 1.807) is 0 Å². The molecule has 0 bridgehead atoms. The molecule has 0 saturated carbocycles. The summed E-state index contributed by atoms with van der Waals surface area (Å²) in [6, 6.07) is 3.58. The molecular formula is C8H6ClNO4. The molecule has 0 aliphatic carbocycles. The molecule has 0 spiro atoms. The van der Waals surface area contributed by atoms with Crippen molar-refractivity contribution in [3.63, 3.8) is 0 Å². The van der Waals surface area contributed by atoms with Gasteiger partial charge in [0.15, 0.2) is 0 Å². The van der Waals surface area contributed by atoms with Crippen LogP contribution in [0.5, 0.6) is 0 Å². The minimum atomic E-state index is -0.657. The van der Waals surface area contributed by atoms with E-state index in [4.69, 9.17) is 11.6 Å². The van der Waals surface area contributed by atoms with Crippen LogP contribution in [0, 0.1) is 10.1 Å². The van der Waals surface area contributed by atoms with Gasteiger partial charge >= 0.3 is 5.97 Å². The lowest BCUT2D eigenvalue weighted by atomic mass is 10.2. The Hall–Kier alpha value is -1.62. The van der Waals surface area contributed by atoms with Crippen molar-refractivity contribution in [1.82, 2.24) is 0 Å². The molecule has 0 radical (unpaired) electrons. The highest BCUT2D eigenvalue weighted by Gasteiger charge is 2.13. The van der Waals surface area contributed by atoms with Gasteiger partial charge in [-0.1, -0.05) is 11.6 Å². The van der Waals surface area contributed by atoms with Gasteiger partial charge in [0.05, 0.1) is 17.6 Å². The van der Waals surface area contributed by atoms with Crippen molar-refractivity contribution in [2.75, 3.05) is 7.11 Å². The molecule has 0 aromatic heterocycles. The number of nitro groups is 1. The van der Waals surface area contributed by atoms with E-state index in [0.29, 0.717) is 0 Å². The maximum absolute atomic E-state index is 11.0. The first-order valence-electron chi connectivity index (χ1n) is 3.58. The quantitative estimate of drug-likeness (QED) is 0.430. The minimum Gasteiger partial charge on any atom is -0.465 e. The molecule has 0 fully saturated rings. The van der Waals surface area contributed by atoms with Crippen molar-refractivity contribution < 1.29 is 14.5 Å². The summed E-state index contributed by atoms with van der Waals surface area (Å²) in [4.78, 5) is 20.8. The van der Waals surface area contributed by atoms with Crippen LogP contribution < -0.4 is 0 Å². The fourth-order valence-corrected chi connectivity index (χ4v) is 1.14. The first-order valence-corrected chi connectivity index (χ1v) is 3.95. The molecule has 0 saturated heterocycles. The summed E-state index contributed by atoms with van der Waals surface area (Å²) in [6.07, 6.45) is 0. The number of nitro benzene ring substituents is 1. The second-order valence-electron chi connectivity index (χ2n) is 2.45. The fraction of sp³-hybridized carbons (Fsp3) is 0.125. The van der Waals surface area contributed by atoms with E-state index >= 15 is 0 Å². The highest BCUT2D eigenvalue weighted by Crippen LogP contribution is 2.21. The van der Waals surface area contributed by atoms with Gasteiger partial charge in [-0.25, -0.2) is 4.79 Å². The van der Waals surface area contributed by atoms with Crippen LogP contribution in [0.1, 0.15) is 10.4 Å². The number of methoxy groups -OCH3 is 1. The maximum atomic E-state index is 11.0. The molecule has 0 N–H and O–H groups in total. The molecule has 0 unspecified atom stereocenters. The number of hydrogen-bond donors (Lipinski definition) is 0. The van der Waals surface area contributed by atoms with Crippen LogP contribution in [-0.4, -0.2) is 18.0 Å². The molecule has 0 aliphatic rings. The zero-order chi connectivity index (χ0) is 10.7. The van der Waals surface area contributed by atoms with E-state index in [2.05, 4.69) is 4.74 Å². The van der Waals surface area contributed by atoms with E-state index in [9.17, 15) is 14.9 Å². The first kappa shape index (κ1) is 10.5. The van der Waals surface area contributed by atoms with Gasteiger partial charge < -0.3 is 4.74 Å². The molecule has 14 heavy (non-hydrogen) atoms. The average Bonchev–Trinajstić information content (AvgIpc) is 2.15. The highest BCUT2D eigenvalue weighted by atomic mass is 35.5. The van der Waals surface area contributed by atoms with Gasteiger partial charge in [0.1, 0.15) is 0 Å². The molecule has 6 heteroatoms. The van der Waals surface area contributed by atoms with E-state index in [-0.39, 0.29) is 16.3 Å². The van der Waals surface area contributed by atoms with E-state index < -0.39 is 10.9 Å². The SMILES string of the molecule is COC(=O)c1cc(Cl)cc([N+](=O)[O-])c1. The Morgan fingerprint density at radius 1 is 1.50 bits per heavy atom. The third kappa shape index (κ3) is 2.20. The Kier molecular flexibility index (Phi) is 3.03. The maximum Gasteiger partial charge on any atom is 0.338 e. The zero-order valence-electron chi connectivity index (χ0n) is 7.19. The largest absolute Gasteiger partial charge is 0.465 e. The smallest absolute Gasteiger partial charge is 0.338 e. The van der Waals surface area contributed by atoms with Gasteiger partial charge in [-0.05, 0) is 6.07 Å². The van der Waals surface area contributed by atoms with Crippen molar-refractivity contribution in [2.24, 2.45) is 0 Å². The highest BCUT2D eigenvalue weighted by molar-refractivity contribution is 6.31. The number of carbonyl (C=O) groups excluding carboxylic acids is 1. The van der Waals surface area contributed by atoms with Crippen LogP contribution in [-0.2, 0) is 4.74 Å². The molecule has 1 aromatic carbocycles. The number of benzene rings is 1. The van der Waals surface area contributed by atoms with Gasteiger partial charge in [0.2, 0.25) is 0 Å². The summed E-state index contributed by atoms with van der Waals surface area (Å²) in [5, 5.41) is 10.5. The summed E-state index contributed by atoms with van der Waals surface area (Å²) in [6.45, 7) is 0. The van der Waals surface area contributed by atoms with Crippen molar-refractivity contribution in [3.8, 4) is 0 Å². The van der Waals surface area contributed by atoms with Crippen molar-refractivity contribution in [1.29, 1.82) is 0 Å². The molecule has 1 aromatic rings. The van der Waals surface area contributed by atoms with Gasteiger partial charge in [0, 0.05) is 17.2 Å². The summed E-state index contributed by atoms with van der Waals surface area (Å²) < 4.78 is 4.41. The van der Waals surface area contributed by atoms with Gasteiger partial charge in [-0.15, -0.1) is 0 Å². The number of hydrogen-bond acceptors (Lipinski definition) is 4. The van der Waals surface area contributed by atoms with Crippen LogP contribution in [0.2, 0.25) is 5.02 Å². The lowest BCUT2D eigenvalue weighted by molar-refractivity contribution is -0.384. The first-order chi connectivity index (χ1) is 6.54. The van der Waals surface area contributed by atoms with Gasteiger partial charge in [-0.2, -0.15) is 0 Å². The summed E-state index contributed by atoms with van der Waals surface area (Å²) in [5.74, 6) is -0.657. The fourth-order valence-electron chi connectivity index (χ4n) is 0.915. The molecular weight excluding hydrogens is 210 g/mol. The van der Waals surface area contributed by atoms with Crippen molar-refractivity contribution in [3.05, 3.63) is 38.9 Å². The third-order valence-corrected chi connectivity index (χ3v) is 1.73. The zero-order valence-corrected chi connectivity index (χ0v) is 7.95. The number of esters is 1. The summed E-state index contributed by atoms with van der Waals surface area (Å²) in [7, 11) is 1.19. The molecule has 0 atom stereocenters. The van der Waals surface area contributed by atoms with Crippen LogP contribution in [0.4, 0.5) is 5.69 Å². The van der Waals surface area contributed by atoms with E-state index in [0.717, 1.165) is 12.1 Å². The normalized spacial score (nSPS) is 9.57. The molecule has 74 valence electrons. The Bertz CT molecular complexity index is 391.